The van der Waals surface area contributed by atoms with Crippen LogP contribution in [0, 0.1) is 0 Å². The van der Waals surface area contributed by atoms with Crippen LogP contribution in [0.3, 0.4) is 0 Å². The maximum atomic E-state index is 12.8. The Labute approximate surface area is 149 Å². The summed E-state index contributed by atoms with van der Waals surface area (Å²) < 4.78 is 38.4. The van der Waals surface area contributed by atoms with Crippen LogP contribution in [-0.2, 0) is 17.4 Å². The van der Waals surface area contributed by atoms with E-state index >= 15 is 0 Å². The van der Waals surface area contributed by atoms with Gasteiger partial charge in [0.2, 0.25) is 0 Å². The zero-order valence-corrected chi connectivity index (χ0v) is 14.0. The van der Waals surface area contributed by atoms with Crippen LogP contribution in [0.5, 0.6) is 0 Å². The van der Waals surface area contributed by atoms with Crippen molar-refractivity contribution in [3.05, 3.63) is 59.7 Å². The smallest absolute Gasteiger partial charge is 0.416 e. The molecule has 0 radical (unpaired) electrons. The lowest BCUT2D eigenvalue weighted by molar-refractivity contribution is -0.138. The Morgan fingerprint density at radius 3 is 2.50 bits per heavy atom. The first-order valence-corrected chi connectivity index (χ1v) is 8.32. The Morgan fingerprint density at radius 2 is 1.85 bits per heavy atom. The van der Waals surface area contributed by atoms with Crippen LogP contribution in [0.4, 0.5) is 24.5 Å². The van der Waals surface area contributed by atoms with Gasteiger partial charge in [-0.25, -0.2) is 0 Å². The minimum Gasteiger partial charge on any atom is -0.481 e. The third-order valence-electron chi connectivity index (χ3n) is 4.43. The van der Waals surface area contributed by atoms with Crippen molar-refractivity contribution < 1.29 is 23.1 Å². The van der Waals surface area contributed by atoms with Gasteiger partial charge >= 0.3 is 12.1 Å². The topological polar surface area (TPSA) is 52.6 Å². The number of carboxylic acids is 1. The van der Waals surface area contributed by atoms with E-state index < -0.39 is 17.7 Å². The molecule has 1 heterocycles. The molecular formula is C19H19F3N2O2. The van der Waals surface area contributed by atoms with E-state index in [0.717, 1.165) is 29.8 Å². The molecule has 0 aromatic heterocycles. The van der Waals surface area contributed by atoms with E-state index in [1.807, 2.05) is 29.2 Å². The van der Waals surface area contributed by atoms with Crippen molar-refractivity contribution >= 4 is 17.3 Å². The number of aliphatic carboxylic acids is 1. The molecule has 3 rings (SSSR count). The molecule has 2 aromatic rings. The third kappa shape index (κ3) is 4.16. The molecule has 1 unspecified atom stereocenters. The summed E-state index contributed by atoms with van der Waals surface area (Å²) in [6.45, 7) is 0.908. The third-order valence-corrected chi connectivity index (χ3v) is 4.43. The molecule has 0 aliphatic carbocycles. The number of nitrogens with one attached hydrogen (secondary N) is 1. The first-order chi connectivity index (χ1) is 12.3. The normalized spacial score (nSPS) is 17.0. The maximum absolute atomic E-state index is 12.8. The highest BCUT2D eigenvalue weighted by molar-refractivity contribution is 5.69. The van der Waals surface area contributed by atoms with Gasteiger partial charge in [0.05, 0.1) is 12.0 Å². The fraction of sp³-hybridized carbons (Fsp3) is 0.316. The second-order valence-electron chi connectivity index (χ2n) is 6.28. The molecule has 0 bridgehead atoms. The summed E-state index contributed by atoms with van der Waals surface area (Å²) in [7, 11) is 0. The van der Waals surface area contributed by atoms with Gasteiger partial charge in [-0.1, -0.05) is 18.2 Å². The Hall–Kier alpha value is -2.54. The number of anilines is 2. The van der Waals surface area contributed by atoms with Crippen LogP contribution in [0.2, 0.25) is 0 Å². The summed E-state index contributed by atoms with van der Waals surface area (Å²) in [5.74, 6) is -0.867. The lowest BCUT2D eigenvalue weighted by Crippen LogP contribution is -2.45. The molecule has 0 spiro atoms. The Morgan fingerprint density at radius 1 is 1.15 bits per heavy atom. The molecule has 7 heteroatoms. The number of alkyl halides is 3. The van der Waals surface area contributed by atoms with Gasteiger partial charge in [0.15, 0.2) is 0 Å². The molecule has 1 atom stereocenters. The van der Waals surface area contributed by atoms with E-state index in [1.165, 1.54) is 12.1 Å². The highest BCUT2D eigenvalue weighted by atomic mass is 19.4. The van der Waals surface area contributed by atoms with Crippen molar-refractivity contribution in [2.45, 2.75) is 25.1 Å². The number of hydrogen-bond acceptors (Lipinski definition) is 3. The molecule has 26 heavy (non-hydrogen) atoms. The predicted molar refractivity (Wildman–Crippen MR) is 92.6 cm³/mol. The summed E-state index contributed by atoms with van der Waals surface area (Å²) in [5.41, 5.74) is 2.04. The van der Waals surface area contributed by atoms with Gasteiger partial charge in [-0.15, -0.1) is 0 Å². The molecule has 138 valence electrons. The van der Waals surface area contributed by atoms with Crippen LogP contribution in [0.1, 0.15) is 17.5 Å². The number of para-hydroxylation sites is 1. The van der Waals surface area contributed by atoms with E-state index in [4.69, 9.17) is 5.11 Å². The van der Waals surface area contributed by atoms with Crippen LogP contribution < -0.4 is 10.2 Å². The quantitative estimate of drug-likeness (QED) is 0.847. The average molecular weight is 364 g/mol. The second-order valence-corrected chi connectivity index (χ2v) is 6.28. The molecular weight excluding hydrogens is 345 g/mol. The highest BCUT2D eigenvalue weighted by Crippen LogP contribution is 2.35. The largest absolute Gasteiger partial charge is 0.481 e. The molecule has 1 aliphatic heterocycles. The highest BCUT2D eigenvalue weighted by Gasteiger charge is 2.31. The van der Waals surface area contributed by atoms with Crippen molar-refractivity contribution in [1.29, 1.82) is 0 Å². The van der Waals surface area contributed by atoms with Gasteiger partial charge in [0, 0.05) is 30.5 Å². The lowest BCUT2D eigenvalue weighted by atomic mass is 9.97. The van der Waals surface area contributed by atoms with E-state index in [0.29, 0.717) is 18.8 Å². The maximum Gasteiger partial charge on any atom is 0.416 e. The number of carbonyl (C=O) groups is 1. The zero-order chi connectivity index (χ0) is 18.7. The van der Waals surface area contributed by atoms with Gasteiger partial charge < -0.3 is 15.3 Å². The number of benzene rings is 2. The first kappa shape index (κ1) is 18.3. The number of fused-ring (bicyclic) bond motifs is 1. The predicted octanol–water partition coefficient (Wildman–Crippen LogP) is 3.83. The molecule has 0 fully saturated rings. The lowest BCUT2D eigenvalue weighted by Gasteiger charge is -2.36. The standard InChI is InChI=1S/C19H19F3N2O2/c20-19(21,22)14-5-7-16(8-6-14)24-12-15(23-10-9-18(25)26)11-13-3-1-2-4-17(13)24/h1-8,15,23H,9-12H2,(H,25,26). The molecule has 4 nitrogen and oxygen atoms in total. The van der Waals surface area contributed by atoms with Gasteiger partial charge in [-0.2, -0.15) is 13.2 Å². The Bertz CT molecular complexity index is 775. The molecule has 0 amide bonds. The second kappa shape index (κ2) is 7.37. The van der Waals surface area contributed by atoms with Crippen LogP contribution >= 0.6 is 0 Å². The molecule has 0 saturated carbocycles. The van der Waals surface area contributed by atoms with Gasteiger partial charge in [-0.05, 0) is 42.3 Å². The SMILES string of the molecule is O=C(O)CCNC1Cc2ccccc2N(c2ccc(C(F)(F)F)cc2)C1. The number of rotatable bonds is 5. The van der Waals surface area contributed by atoms with Crippen molar-refractivity contribution in [2.75, 3.05) is 18.0 Å². The first-order valence-electron chi connectivity index (χ1n) is 8.32. The van der Waals surface area contributed by atoms with Gasteiger partial charge in [-0.3, -0.25) is 4.79 Å². The van der Waals surface area contributed by atoms with Gasteiger partial charge in [0.25, 0.3) is 0 Å². The van der Waals surface area contributed by atoms with Crippen molar-refractivity contribution in [1.82, 2.24) is 5.32 Å². The summed E-state index contributed by atoms with van der Waals surface area (Å²) in [5, 5.41) is 12.0. The molecule has 2 aromatic carbocycles. The fourth-order valence-corrected chi connectivity index (χ4v) is 3.19. The van der Waals surface area contributed by atoms with Crippen LogP contribution in [0.15, 0.2) is 48.5 Å². The number of hydrogen-bond donors (Lipinski definition) is 2. The van der Waals surface area contributed by atoms with Crippen molar-refractivity contribution in [3.63, 3.8) is 0 Å². The summed E-state index contributed by atoms with van der Waals surface area (Å²) in [6.07, 6.45) is -3.59. The minimum atomic E-state index is -4.36. The van der Waals surface area contributed by atoms with E-state index in [-0.39, 0.29) is 12.5 Å². The molecule has 1 aliphatic rings. The van der Waals surface area contributed by atoms with Crippen LogP contribution in [-0.4, -0.2) is 30.2 Å². The van der Waals surface area contributed by atoms with Gasteiger partial charge in [0.1, 0.15) is 0 Å². The van der Waals surface area contributed by atoms with E-state index in [1.54, 1.807) is 0 Å². The summed E-state index contributed by atoms with van der Waals surface area (Å²) in [4.78, 5) is 12.7. The van der Waals surface area contributed by atoms with Crippen molar-refractivity contribution in [2.24, 2.45) is 0 Å². The number of nitrogens with zero attached hydrogens (tertiary/aromatic N) is 1. The average Bonchev–Trinajstić information content (AvgIpc) is 2.60. The van der Waals surface area contributed by atoms with E-state index in [9.17, 15) is 18.0 Å². The molecule has 2 N–H and O–H groups in total. The summed E-state index contributed by atoms with van der Waals surface area (Å²) in [6, 6.07) is 12.9. The number of halogens is 3. The number of carboxylic acid groups (broad SMARTS) is 1. The van der Waals surface area contributed by atoms with Crippen LogP contribution in [0.25, 0.3) is 0 Å². The van der Waals surface area contributed by atoms with Crippen molar-refractivity contribution in [3.8, 4) is 0 Å². The summed E-state index contributed by atoms with van der Waals surface area (Å²) >= 11 is 0. The zero-order valence-electron chi connectivity index (χ0n) is 14.0. The monoisotopic (exact) mass is 364 g/mol. The minimum absolute atomic E-state index is 0.0199. The Balaban J connectivity index is 1.83. The fourth-order valence-electron chi connectivity index (χ4n) is 3.19. The molecule has 0 saturated heterocycles. The Kier molecular flexibility index (Phi) is 5.18. The van der Waals surface area contributed by atoms with E-state index in [2.05, 4.69) is 5.32 Å².